The Morgan fingerprint density at radius 1 is 0.280 bits per heavy atom. The molecular formula is C84H56B2FN5S. The third kappa shape index (κ3) is 8.87. The van der Waals surface area contributed by atoms with E-state index in [0.29, 0.717) is 10.6 Å². The van der Waals surface area contributed by atoms with E-state index >= 15 is 4.39 Å². The summed E-state index contributed by atoms with van der Waals surface area (Å²) in [5, 5.41) is 0. The first kappa shape index (κ1) is 54.4. The first-order valence-corrected chi connectivity index (χ1v) is 32.6. The van der Waals surface area contributed by atoms with Crippen molar-refractivity contribution >= 4 is 143 Å². The lowest BCUT2D eigenvalue weighted by Crippen LogP contribution is -2.65. The fourth-order valence-corrected chi connectivity index (χ4v) is 16.3. The highest BCUT2D eigenvalue weighted by atomic mass is 32.2. The van der Waals surface area contributed by atoms with Crippen molar-refractivity contribution in [3.63, 3.8) is 0 Å². The van der Waals surface area contributed by atoms with Crippen LogP contribution in [-0.4, -0.2) is 13.4 Å². The van der Waals surface area contributed by atoms with Gasteiger partial charge in [0, 0.05) is 89.2 Å². The molecule has 4 aliphatic rings. The predicted molar refractivity (Wildman–Crippen MR) is 391 cm³/mol. The number of hydrogen-bond acceptors (Lipinski definition) is 6. The van der Waals surface area contributed by atoms with E-state index in [9.17, 15) is 0 Å². The van der Waals surface area contributed by atoms with Gasteiger partial charge in [-0.1, -0.05) is 248 Å². The van der Waals surface area contributed by atoms with Crippen LogP contribution in [0, 0.1) is 5.82 Å². The molecule has 0 amide bonds. The van der Waals surface area contributed by atoms with Gasteiger partial charge in [-0.3, -0.25) is 0 Å². The highest BCUT2D eigenvalue weighted by Crippen LogP contribution is 2.55. The molecule has 0 fully saturated rings. The molecule has 0 saturated heterocycles. The Labute approximate surface area is 546 Å². The Hall–Kier alpha value is -11.5. The van der Waals surface area contributed by atoms with Crippen molar-refractivity contribution in [3.05, 3.63) is 346 Å². The minimum absolute atomic E-state index is 0.263. The molecule has 0 aromatic heterocycles. The first-order chi connectivity index (χ1) is 46.1. The van der Waals surface area contributed by atoms with Gasteiger partial charge in [-0.05, 0) is 148 Å². The second-order valence-corrected chi connectivity index (χ2v) is 25.1. The van der Waals surface area contributed by atoms with Gasteiger partial charge in [0.25, 0.3) is 6.71 Å². The highest BCUT2D eigenvalue weighted by Gasteiger charge is 2.50. The molecule has 18 rings (SSSR count). The van der Waals surface area contributed by atoms with Gasteiger partial charge in [0.05, 0.1) is 17.1 Å². The number of para-hydroxylation sites is 9. The summed E-state index contributed by atoms with van der Waals surface area (Å²) in [5.74, 6) is -0.263. The minimum Gasteiger partial charge on any atom is -0.311 e. The Morgan fingerprint density at radius 3 is 1.10 bits per heavy atom. The van der Waals surface area contributed by atoms with Crippen molar-refractivity contribution < 1.29 is 4.39 Å². The van der Waals surface area contributed by atoms with Crippen molar-refractivity contribution in [2.24, 2.45) is 0 Å². The Kier molecular flexibility index (Phi) is 13.1. The number of hydrogen-bond donors (Lipinski definition) is 0. The molecule has 0 aliphatic carbocycles. The molecule has 0 spiro atoms. The molecule has 14 aromatic carbocycles. The normalized spacial score (nSPS) is 12.8. The van der Waals surface area contributed by atoms with Crippen molar-refractivity contribution in [3.8, 4) is 22.3 Å². The van der Waals surface area contributed by atoms with Crippen molar-refractivity contribution in [2.45, 2.75) is 9.79 Å². The minimum atomic E-state index is -0.421. The van der Waals surface area contributed by atoms with Crippen LogP contribution in [-0.2, 0) is 0 Å². The van der Waals surface area contributed by atoms with E-state index in [1.165, 1.54) is 0 Å². The molecule has 0 unspecified atom stereocenters. The molecule has 0 radical (unpaired) electrons. The molecule has 4 heterocycles. The average Bonchev–Trinajstić information content (AvgIpc) is 0.686. The second-order valence-electron chi connectivity index (χ2n) is 24.0. The van der Waals surface area contributed by atoms with Crippen molar-refractivity contribution in [1.29, 1.82) is 0 Å². The van der Waals surface area contributed by atoms with E-state index in [0.717, 1.165) is 140 Å². The van der Waals surface area contributed by atoms with Crippen LogP contribution < -0.4 is 57.3 Å². The lowest BCUT2D eigenvalue weighted by molar-refractivity contribution is 0.606. The zero-order chi connectivity index (χ0) is 61.5. The standard InChI is InChI=1S/C84H56B2FN5S/c87-81-83-71(56-72-84(81)93-78-55-66(89(61-38-17-5-18-39-61)62-40-19-6-20-41-62)54-77-80(78)86(72)70-49-26-28-51-74(70)91(77)64-44-23-8-24-45-64)85-69-48-25-27-50-73(69)90(63-42-21-7-22-43-63)75-52-65(88(59-34-13-3-14-35-59)60-36-15-4-16-37-60)53-76(79(75)85)92(83)82-67(57-30-9-1-10-31-57)46-29-47-68(82)58-32-11-2-12-33-58/h1-56H. The van der Waals surface area contributed by atoms with Crippen molar-refractivity contribution in [2.75, 3.05) is 24.5 Å². The molecular weight excluding hydrogens is 1150 g/mol. The second kappa shape index (κ2) is 22.5. The predicted octanol–water partition coefficient (Wildman–Crippen LogP) is 18.9. The maximum absolute atomic E-state index is 21.0. The van der Waals surface area contributed by atoms with Crippen LogP contribution in [0.4, 0.5) is 89.7 Å². The van der Waals surface area contributed by atoms with Crippen LogP contribution in [0.2, 0.25) is 0 Å². The molecule has 0 N–H and O–H groups in total. The van der Waals surface area contributed by atoms with Crippen LogP contribution in [0.15, 0.2) is 350 Å². The zero-order valence-electron chi connectivity index (χ0n) is 50.5. The van der Waals surface area contributed by atoms with E-state index in [4.69, 9.17) is 0 Å². The van der Waals surface area contributed by atoms with Gasteiger partial charge in [0.15, 0.2) is 5.82 Å². The van der Waals surface area contributed by atoms with E-state index in [-0.39, 0.29) is 12.5 Å². The molecule has 93 heavy (non-hydrogen) atoms. The smallest absolute Gasteiger partial charge is 0.252 e. The summed E-state index contributed by atoms with van der Waals surface area (Å²) < 4.78 is 21.0. The number of anilines is 15. The van der Waals surface area contributed by atoms with Gasteiger partial charge < -0.3 is 24.5 Å². The van der Waals surface area contributed by atoms with Gasteiger partial charge >= 0.3 is 0 Å². The first-order valence-electron chi connectivity index (χ1n) is 31.8. The van der Waals surface area contributed by atoms with Gasteiger partial charge in [0.1, 0.15) is 0 Å². The molecule has 4 aliphatic heterocycles. The number of fused-ring (bicyclic) bond motifs is 8. The summed E-state index contributed by atoms with van der Waals surface area (Å²) in [6.07, 6.45) is 0. The van der Waals surface area contributed by atoms with Crippen molar-refractivity contribution in [1.82, 2.24) is 0 Å². The molecule has 436 valence electrons. The third-order valence-electron chi connectivity index (χ3n) is 18.8. The molecule has 0 bridgehead atoms. The maximum Gasteiger partial charge on any atom is 0.252 e. The number of rotatable bonds is 11. The molecule has 9 heteroatoms. The van der Waals surface area contributed by atoms with Crippen LogP contribution in [0.25, 0.3) is 22.3 Å². The van der Waals surface area contributed by atoms with Crippen LogP contribution >= 0.6 is 11.8 Å². The molecule has 0 atom stereocenters. The zero-order valence-corrected chi connectivity index (χ0v) is 51.3. The largest absolute Gasteiger partial charge is 0.311 e. The van der Waals surface area contributed by atoms with Gasteiger partial charge in [-0.2, -0.15) is 0 Å². The van der Waals surface area contributed by atoms with E-state index < -0.39 is 6.71 Å². The maximum atomic E-state index is 21.0. The molecule has 14 aromatic rings. The Balaban J connectivity index is 0.983. The van der Waals surface area contributed by atoms with E-state index in [1.807, 2.05) is 0 Å². The summed E-state index contributed by atoms with van der Waals surface area (Å²) in [6, 6.07) is 121. The third-order valence-corrected chi connectivity index (χ3v) is 20.0. The lowest BCUT2D eigenvalue weighted by Gasteiger charge is -2.47. The fraction of sp³-hybridized carbons (Fsp3) is 0. The van der Waals surface area contributed by atoms with Crippen LogP contribution in [0.5, 0.6) is 0 Å². The number of benzene rings is 14. The SMILES string of the molecule is Fc1c2c(cc3c1N(c1c(-c4ccccc4)cccc1-c1ccccc1)c1cc(N(c4ccccc4)c4ccccc4)cc4c1B3c1ccccc1N4c1ccccc1)B1c3ccccc3N(c3ccccc3)c3cc(N(c4ccccc4)c4ccccc4)cc(c31)S2. The Bertz CT molecular complexity index is 5030. The summed E-state index contributed by atoms with van der Waals surface area (Å²) in [5.41, 5.74) is 24.8. The average molecular weight is 1210 g/mol. The van der Waals surface area contributed by atoms with Gasteiger partial charge in [0.2, 0.25) is 6.71 Å². The fourth-order valence-electron chi connectivity index (χ4n) is 15.1. The highest BCUT2D eigenvalue weighted by molar-refractivity contribution is 8.00. The monoisotopic (exact) mass is 1210 g/mol. The van der Waals surface area contributed by atoms with Crippen LogP contribution in [0.1, 0.15) is 0 Å². The summed E-state index contributed by atoms with van der Waals surface area (Å²) in [7, 11) is 0. The van der Waals surface area contributed by atoms with Crippen LogP contribution in [0.3, 0.4) is 0 Å². The summed E-state index contributed by atoms with van der Waals surface area (Å²) in [4.78, 5) is 13.5. The van der Waals surface area contributed by atoms with E-state index in [2.05, 4.69) is 364 Å². The quantitative estimate of drug-likeness (QED) is 0.119. The van der Waals surface area contributed by atoms with Gasteiger partial charge in [-0.25, -0.2) is 4.39 Å². The number of nitrogens with zero attached hydrogens (tertiary/aromatic N) is 5. The summed E-state index contributed by atoms with van der Waals surface area (Å²) >= 11 is 1.56. The van der Waals surface area contributed by atoms with Gasteiger partial charge in [-0.15, -0.1) is 0 Å². The topological polar surface area (TPSA) is 16.2 Å². The number of halogens is 1. The molecule has 0 saturated carbocycles. The molecule has 5 nitrogen and oxygen atoms in total. The van der Waals surface area contributed by atoms with E-state index in [1.54, 1.807) is 11.8 Å². The lowest BCUT2D eigenvalue weighted by atomic mass is 9.31. The Morgan fingerprint density at radius 2 is 0.645 bits per heavy atom. The summed E-state index contributed by atoms with van der Waals surface area (Å²) in [6.45, 7) is -0.772.